The lowest BCUT2D eigenvalue weighted by Gasteiger charge is -2.12. The van der Waals surface area contributed by atoms with Crippen LogP contribution in [0.1, 0.15) is 32.8 Å². The fourth-order valence-electron chi connectivity index (χ4n) is 1.74. The van der Waals surface area contributed by atoms with Crippen LogP contribution in [0.4, 0.5) is 0 Å². The SMILES string of the molecule is CCNCc1ccccc1OCC(=O)NCCC(C)C. The van der Waals surface area contributed by atoms with Gasteiger partial charge in [-0.05, 0) is 24.9 Å². The van der Waals surface area contributed by atoms with E-state index >= 15 is 0 Å². The van der Waals surface area contributed by atoms with Gasteiger partial charge >= 0.3 is 0 Å². The lowest BCUT2D eigenvalue weighted by Crippen LogP contribution is -2.30. The molecule has 0 aliphatic heterocycles. The third kappa shape index (κ3) is 6.57. The van der Waals surface area contributed by atoms with E-state index in [-0.39, 0.29) is 12.5 Å². The Morgan fingerprint density at radius 3 is 2.75 bits per heavy atom. The Bertz CT molecular complexity index is 405. The van der Waals surface area contributed by atoms with Gasteiger partial charge in [-0.2, -0.15) is 0 Å². The van der Waals surface area contributed by atoms with E-state index in [4.69, 9.17) is 4.74 Å². The molecule has 0 saturated heterocycles. The van der Waals surface area contributed by atoms with Gasteiger partial charge in [-0.3, -0.25) is 4.79 Å². The predicted octanol–water partition coefficient (Wildman–Crippen LogP) is 2.34. The van der Waals surface area contributed by atoms with E-state index in [9.17, 15) is 4.79 Å². The standard InChI is InChI=1S/C16H26N2O2/c1-4-17-11-14-7-5-6-8-15(14)20-12-16(19)18-10-9-13(2)3/h5-8,13,17H,4,9-12H2,1-3H3,(H,18,19). The summed E-state index contributed by atoms with van der Waals surface area (Å²) in [5.41, 5.74) is 1.07. The second-order valence-electron chi connectivity index (χ2n) is 5.21. The Kier molecular flexibility index (Phi) is 7.73. The molecule has 0 spiro atoms. The molecule has 0 fully saturated rings. The van der Waals surface area contributed by atoms with Crippen LogP contribution in [0.2, 0.25) is 0 Å². The molecule has 1 amide bonds. The Balaban J connectivity index is 2.38. The highest BCUT2D eigenvalue weighted by atomic mass is 16.5. The van der Waals surface area contributed by atoms with Gasteiger partial charge in [0.25, 0.3) is 5.91 Å². The van der Waals surface area contributed by atoms with Crippen LogP contribution in [0.3, 0.4) is 0 Å². The maximum atomic E-state index is 11.7. The summed E-state index contributed by atoms with van der Waals surface area (Å²) in [7, 11) is 0. The summed E-state index contributed by atoms with van der Waals surface area (Å²) >= 11 is 0. The number of rotatable bonds is 9. The van der Waals surface area contributed by atoms with Crippen LogP contribution in [-0.4, -0.2) is 25.6 Å². The maximum absolute atomic E-state index is 11.7. The minimum absolute atomic E-state index is 0.0658. The van der Waals surface area contributed by atoms with Gasteiger partial charge in [0, 0.05) is 18.7 Å². The van der Waals surface area contributed by atoms with Crippen LogP contribution in [0, 0.1) is 5.92 Å². The van der Waals surface area contributed by atoms with Crippen molar-refractivity contribution >= 4 is 5.91 Å². The minimum atomic E-state index is -0.0658. The average molecular weight is 278 g/mol. The summed E-state index contributed by atoms with van der Waals surface area (Å²) in [4.78, 5) is 11.7. The number of nitrogens with one attached hydrogen (secondary N) is 2. The smallest absolute Gasteiger partial charge is 0.257 e. The molecule has 0 saturated carbocycles. The lowest BCUT2D eigenvalue weighted by molar-refractivity contribution is -0.123. The maximum Gasteiger partial charge on any atom is 0.257 e. The van der Waals surface area contributed by atoms with Gasteiger partial charge in [0.1, 0.15) is 5.75 Å². The second-order valence-corrected chi connectivity index (χ2v) is 5.21. The molecule has 112 valence electrons. The van der Waals surface area contributed by atoms with Crippen LogP contribution in [0.25, 0.3) is 0 Å². The number of benzene rings is 1. The molecule has 0 heterocycles. The molecule has 0 aromatic heterocycles. The summed E-state index contributed by atoms with van der Waals surface area (Å²) in [6.45, 7) is 8.77. The van der Waals surface area contributed by atoms with Gasteiger partial charge in [0.05, 0.1) is 0 Å². The monoisotopic (exact) mass is 278 g/mol. The van der Waals surface area contributed by atoms with Gasteiger partial charge in [-0.1, -0.05) is 39.0 Å². The first-order valence-corrected chi connectivity index (χ1v) is 7.31. The lowest BCUT2D eigenvalue weighted by atomic mass is 10.1. The van der Waals surface area contributed by atoms with Gasteiger partial charge in [-0.25, -0.2) is 0 Å². The van der Waals surface area contributed by atoms with Gasteiger partial charge in [-0.15, -0.1) is 0 Å². The summed E-state index contributed by atoms with van der Waals surface area (Å²) in [5, 5.41) is 6.13. The summed E-state index contributed by atoms with van der Waals surface area (Å²) in [6.07, 6.45) is 0.989. The van der Waals surface area contributed by atoms with Crippen LogP contribution in [0.5, 0.6) is 5.75 Å². The zero-order valence-corrected chi connectivity index (χ0v) is 12.7. The Hall–Kier alpha value is -1.55. The number of hydrogen-bond donors (Lipinski definition) is 2. The Morgan fingerprint density at radius 2 is 2.05 bits per heavy atom. The largest absolute Gasteiger partial charge is 0.483 e. The highest BCUT2D eigenvalue weighted by Gasteiger charge is 2.06. The van der Waals surface area contributed by atoms with Crippen LogP contribution in [-0.2, 0) is 11.3 Å². The van der Waals surface area contributed by atoms with Crippen molar-refractivity contribution in [2.45, 2.75) is 33.7 Å². The number of carbonyl (C=O) groups is 1. The molecule has 0 bridgehead atoms. The van der Waals surface area contributed by atoms with Crippen molar-refractivity contribution in [3.8, 4) is 5.75 Å². The van der Waals surface area contributed by atoms with Gasteiger partial charge < -0.3 is 15.4 Å². The minimum Gasteiger partial charge on any atom is -0.483 e. The fraction of sp³-hybridized carbons (Fsp3) is 0.562. The van der Waals surface area contributed by atoms with Crippen LogP contribution >= 0.6 is 0 Å². The van der Waals surface area contributed by atoms with Crippen molar-refractivity contribution < 1.29 is 9.53 Å². The molecule has 0 aliphatic carbocycles. The van der Waals surface area contributed by atoms with Crippen molar-refractivity contribution in [1.82, 2.24) is 10.6 Å². The molecule has 1 rings (SSSR count). The molecule has 0 aliphatic rings. The molecule has 4 nitrogen and oxygen atoms in total. The molecular formula is C16H26N2O2. The molecule has 1 aromatic rings. The number of carbonyl (C=O) groups excluding carboxylic acids is 1. The van der Waals surface area contributed by atoms with E-state index in [0.717, 1.165) is 30.8 Å². The molecule has 0 atom stereocenters. The van der Waals surface area contributed by atoms with Crippen molar-refractivity contribution in [3.63, 3.8) is 0 Å². The van der Waals surface area contributed by atoms with Crippen molar-refractivity contribution in [2.75, 3.05) is 19.7 Å². The molecular weight excluding hydrogens is 252 g/mol. The highest BCUT2D eigenvalue weighted by molar-refractivity contribution is 5.77. The summed E-state index contributed by atoms with van der Waals surface area (Å²) in [6, 6.07) is 7.80. The van der Waals surface area contributed by atoms with Crippen molar-refractivity contribution in [1.29, 1.82) is 0 Å². The van der Waals surface area contributed by atoms with Gasteiger partial charge in [0.2, 0.25) is 0 Å². The zero-order chi connectivity index (χ0) is 14.8. The number of para-hydroxylation sites is 1. The highest BCUT2D eigenvalue weighted by Crippen LogP contribution is 2.17. The summed E-state index contributed by atoms with van der Waals surface area (Å²) in [5.74, 6) is 1.30. The molecule has 20 heavy (non-hydrogen) atoms. The van der Waals surface area contributed by atoms with E-state index in [1.807, 2.05) is 24.3 Å². The topological polar surface area (TPSA) is 50.4 Å². The zero-order valence-electron chi connectivity index (χ0n) is 12.7. The average Bonchev–Trinajstić information content (AvgIpc) is 2.43. The number of amides is 1. The predicted molar refractivity (Wildman–Crippen MR) is 81.8 cm³/mol. The van der Waals surface area contributed by atoms with Crippen molar-refractivity contribution in [3.05, 3.63) is 29.8 Å². The Morgan fingerprint density at radius 1 is 1.30 bits per heavy atom. The van der Waals surface area contributed by atoms with Crippen molar-refractivity contribution in [2.24, 2.45) is 5.92 Å². The first-order chi connectivity index (χ1) is 9.63. The van der Waals surface area contributed by atoms with E-state index in [0.29, 0.717) is 12.5 Å². The van der Waals surface area contributed by atoms with Gasteiger partial charge in [0.15, 0.2) is 6.61 Å². The van der Waals surface area contributed by atoms with Crippen LogP contribution in [0.15, 0.2) is 24.3 Å². The summed E-state index contributed by atoms with van der Waals surface area (Å²) < 4.78 is 5.60. The van der Waals surface area contributed by atoms with E-state index < -0.39 is 0 Å². The first kappa shape index (κ1) is 16.5. The normalized spacial score (nSPS) is 10.6. The molecule has 4 heteroatoms. The molecule has 1 aromatic carbocycles. The van der Waals surface area contributed by atoms with E-state index in [2.05, 4.69) is 31.4 Å². The first-order valence-electron chi connectivity index (χ1n) is 7.31. The molecule has 2 N–H and O–H groups in total. The number of ether oxygens (including phenoxy) is 1. The molecule has 0 radical (unpaired) electrons. The third-order valence-corrected chi connectivity index (χ3v) is 2.94. The quantitative estimate of drug-likeness (QED) is 0.729. The van der Waals surface area contributed by atoms with Crippen LogP contribution < -0.4 is 15.4 Å². The second kappa shape index (κ2) is 9.37. The third-order valence-electron chi connectivity index (χ3n) is 2.94. The Labute approximate surface area is 121 Å². The fourth-order valence-corrected chi connectivity index (χ4v) is 1.74. The van der Waals surface area contributed by atoms with E-state index in [1.54, 1.807) is 0 Å². The number of hydrogen-bond acceptors (Lipinski definition) is 3. The molecule has 0 unspecified atom stereocenters. The van der Waals surface area contributed by atoms with E-state index in [1.165, 1.54) is 0 Å².